The van der Waals surface area contributed by atoms with Gasteiger partial charge >= 0.3 is 0 Å². The molecule has 2 N–H and O–H groups in total. The van der Waals surface area contributed by atoms with Crippen molar-refractivity contribution >= 4 is 29.2 Å². The van der Waals surface area contributed by atoms with Crippen molar-refractivity contribution in [3.63, 3.8) is 0 Å². The van der Waals surface area contributed by atoms with Crippen LogP contribution in [-0.2, 0) is 11.3 Å². The highest BCUT2D eigenvalue weighted by molar-refractivity contribution is 7.99. The number of rotatable bonds is 5. The number of nitrogens with zero attached hydrogens (tertiary/aromatic N) is 4. The van der Waals surface area contributed by atoms with Crippen molar-refractivity contribution in [2.75, 3.05) is 32.0 Å². The standard InChI is InChI=1S/C16H20ClN5OS/c1-11(24-16-20-14(17)9-15(18)21-16)13-8-12(2-3-19-13)10-22-4-6-23-7-5-22/h2-3,8-9,11H,4-7,10H2,1H3,(H2,18,20,21). The Morgan fingerprint density at radius 1 is 1.33 bits per heavy atom. The normalized spacial score (nSPS) is 16.9. The number of ether oxygens (including phenoxy) is 1. The van der Waals surface area contributed by atoms with Crippen LogP contribution in [0.5, 0.6) is 0 Å². The fraction of sp³-hybridized carbons (Fsp3) is 0.438. The third kappa shape index (κ3) is 4.80. The van der Waals surface area contributed by atoms with E-state index in [0.29, 0.717) is 16.1 Å². The molecule has 0 saturated carbocycles. The maximum Gasteiger partial charge on any atom is 0.191 e. The Kier molecular flexibility index (Phi) is 5.89. The number of hydrogen-bond acceptors (Lipinski definition) is 7. The van der Waals surface area contributed by atoms with Gasteiger partial charge in [0, 0.05) is 31.9 Å². The lowest BCUT2D eigenvalue weighted by molar-refractivity contribution is 0.0342. The first-order valence-electron chi connectivity index (χ1n) is 7.82. The monoisotopic (exact) mass is 365 g/mol. The molecule has 0 aliphatic carbocycles. The molecule has 0 aromatic carbocycles. The van der Waals surface area contributed by atoms with Crippen LogP contribution in [-0.4, -0.2) is 46.2 Å². The summed E-state index contributed by atoms with van der Waals surface area (Å²) in [6.45, 7) is 6.54. The van der Waals surface area contributed by atoms with Gasteiger partial charge in [-0.2, -0.15) is 0 Å². The third-order valence-corrected chi connectivity index (χ3v) is 4.93. The van der Waals surface area contributed by atoms with Gasteiger partial charge in [-0.25, -0.2) is 9.97 Å². The van der Waals surface area contributed by atoms with E-state index in [0.717, 1.165) is 38.5 Å². The molecule has 2 aromatic heterocycles. The summed E-state index contributed by atoms with van der Waals surface area (Å²) in [5.74, 6) is 0.374. The second-order valence-electron chi connectivity index (χ2n) is 5.64. The van der Waals surface area contributed by atoms with Crippen LogP contribution in [0.4, 0.5) is 5.82 Å². The Labute approximate surface area is 150 Å². The van der Waals surface area contributed by atoms with E-state index < -0.39 is 0 Å². The minimum absolute atomic E-state index is 0.104. The van der Waals surface area contributed by atoms with Crippen molar-refractivity contribution in [2.24, 2.45) is 0 Å². The summed E-state index contributed by atoms with van der Waals surface area (Å²) < 4.78 is 5.39. The number of halogens is 1. The van der Waals surface area contributed by atoms with Gasteiger partial charge in [-0.05, 0) is 24.6 Å². The number of pyridine rings is 1. The van der Waals surface area contributed by atoms with Crippen molar-refractivity contribution in [1.29, 1.82) is 0 Å². The van der Waals surface area contributed by atoms with Crippen molar-refractivity contribution in [3.8, 4) is 0 Å². The van der Waals surface area contributed by atoms with E-state index in [1.165, 1.54) is 23.4 Å². The highest BCUT2D eigenvalue weighted by atomic mass is 35.5. The zero-order valence-electron chi connectivity index (χ0n) is 13.5. The van der Waals surface area contributed by atoms with Crippen molar-refractivity contribution in [1.82, 2.24) is 19.9 Å². The first-order chi connectivity index (χ1) is 11.6. The summed E-state index contributed by atoms with van der Waals surface area (Å²) in [4.78, 5) is 15.3. The lowest BCUT2D eigenvalue weighted by Crippen LogP contribution is -2.35. The second-order valence-corrected chi connectivity index (χ2v) is 7.33. The molecule has 1 atom stereocenters. The Morgan fingerprint density at radius 3 is 2.88 bits per heavy atom. The highest BCUT2D eigenvalue weighted by Crippen LogP contribution is 2.32. The number of hydrogen-bond donors (Lipinski definition) is 1. The number of anilines is 1. The average molecular weight is 366 g/mol. The molecule has 1 aliphatic rings. The molecule has 128 valence electrons. The average Bonchev–Trinajstić information content (AvgIpc) is 2.55. The minimum atomic E-state index is 0.104. The molecule has 0 radical (unpaired) electrons. The van der Waals surface area contributed by atoms with Gasteiger partial charge in [-0.3, -0.25) is 9.88 Å². The fourth-order valence-electron chi connectivity index (χ4n) is 2.52. The molecule has 0 bridgehead atoms. The molecule has 0 amide bonds. The molecule has 3 heterocycles. The summed E-state index contributed by atoms with van der Waals surface area (Å²) >= 11 is 7.43. The van der Waals surface area contributed by atoms with Gasteiger partial charge in [0.15, 0.2) is 5.16 Å². The van der Waals surface area contributed by atoms with Crippen LogP contribution in [0.3, 0.4) is 0 Å². The first-order valence-corrected chi connectivity index (χ1v) is 9.07. The minimum Gasteiger partial charge on any atom is -0.384 e. The van der Waals surface area contributed by atoms with E-state index >= 15 is 0 Å². The molecule has 1 aliphatic heterocycles. The summed E-state index contributed by atoms with van der Waals surface area (Å²) in [5, 5.41) is 1.02. The maximum absolute atomic E-state index is 5.94. The van der Waals surface area contributed by atoms with Crippen LogP contribution in [0.2, 0.25) is 5.15 Å². The molecule has 3 rings (SSSR count). The van der Waals surface area contributed by atoms with Gasteiger partial charge in [0.2, 0.25) is 0 Å². The molecule has 24 heavy (non-hydrogen) atoms. The van der Waals surface area contributed by atoms with Crippen molar-refractivity contribution in [2.45, 2.75) is 23.9 Å². The predicted molar refractivity (Wildman–Crippen MR) is 96.1 cm³/mol. The molecule has 0 spiro atoms. The molecule has 1 saturated heterocycles. The number of morpholine rings is 1. The quantitative estimate of drug-likeness (QED) is 0.496. The number of aromatic nitrogens is 3. The van der Waals surface area contributed by atoms with Crippen LogP contribution in [0.25, 0.3) is 0 Å². The van der Waals surface area contributed by atoms with Crippen molar-refractivity contribution in [3.05, 3.63) is 40.8 Å². The molecular formula is C16H20ClN5OS. The number of nitrogens with two attached hydrogens (primary N) is 1. The van der Waals surface area contributed by atoms with Gasteiger partial charge in [0.25, 0.3) is 0 Å². The van der Waals surface area contributed by atoms with E-state index in [1.807, 2.05) is 6.20 Å². The van der Waals surface area contributed by atoms with Crippen LogP contribution in [0.15, 0.2) is 29.6 Å². The van der Waals surface area contributed by atoms with Crippen LogP contribution in [0.1, 0.15) is 23.4 Å². The predicted octanol–water partition coefficient (Wildman–Crippen LogP) is 2.79. The Hall–Kier alpha value is -1.41. The number of thioether (sulfide) groups is 1. The Morgan fingerprint density at radius 2 is 2.12 bits per heavy atom. The Bertz CT molecular complexity index is 676. The zero-order chi connectivity index (χ0) is 16.9. The van der Waals surface area contributed by atoms with E-state index in [9.17, 15) is 0 Å². The van der Waals surface area contributed by atoms with Gasteiger partial charge < -0.3 is 10.5 Å². The summed E-state index contributed by atoms with van der Waals surface area (Å²) in [5.41, 5.74) is 7.97. The SMILES string of the molecule is CC(Sc1nc(N)cc(Cl)n1)c1cc(CN2CCOCC2)ccn1. The zero-order valence-corrected chi connectivity index (χ0v) is 15.1. The number of nitrogen functional groups attached to an aromatic ring is 1. The van der Waals surface area contributed by atoms with E-state index in [4.69, 9.17) is 22.1 Å². The smallest absolute Gasteiger partial charge is 0.191 e. The summed E-state index contributed by atoms with van der Waals surface area (Å²) in [7, 11) is 0. The molecule has 2 aromatic rings. The largest absolute Gasteiger partial charge is 0.384 e. The summed E-state index contributed by atoms with van der Waals surface area (Å²) in [6, 6.07) is 5.74. The maximum atomic E-state index is 5.94. The topological polar surface area (TPSA) is 77.2 Å². The lowest BCUT2D eigenvalue weighted by Gasteiger charge is -2.26. The molecular weight excluding hydrogens is 346 g/mol. The van der Waals surface area contributed by atoms with Gasteiger partial charge in [0.1, 0.15) is 11.0 Å². The van der Waals surface area contributed by atoms with Crippen molar-refractivity contribution < 1.29 is 4.74 Å². The summed E-state index contributed by atoms with van der Waals surface area (Å²) in [6.07, 6.45) is 1.86. The van der Waals surface area contributed by atoms with Crippen LogP contribution in [0, 0.1) is 0 Å². The second kappa shape index (κ2) is 8.11. The molecule has 6 nitrogen and oxygen atoms in total. The first kappa shape index (κ1) is 17.4. The lowest BCUT2D eigenvalue weighted by atomic mass is 10.2. The molecule has 1 unspecified atom stereocenters. The highest BCUT2D eigenvalue weighted by Gasteiger charge is 2.15. The molecule has 1 fully saturated rings. The van der Waals surface area contributed by atoms with Crippen LogP contribution < -0.4 is 5.73 Å². The Balaban J connectivity index is 1.68. The fourth-order valence-corrected chi connectivity index (χ4v) is 3.63. The van der Waals surface area contributed by atoms with Crippen LogP contribution >= 0.6 is 23.4 Å². The van der Waals surface area contributed by atoms with E-state index in [2.05, 4.69) is 38.9 Å². The van der Waals surface area contributed by atoms with Gasteiger partial charge in [-0.1, -0.05) is 23.4 Å². The van der Waals surface area contributed by atoms with Gasteiger partial charge in [-0.15, -0.1) is 0 Å². The third-order valence-electron chi connectivity index (χ3n) is 3.75. The van der Waals surface area contributed by atoms with Gasteiger partial charge in [0.05, 0.1) is 24.2 Å². The van der Waals surface area contributed by atoms with E-state index in [-0.39, 0.29) is 5.25 Å². The molecule has 8 heteroatoms. The van der Waals surface area contributed by atoms with E-state index in [1.54, 1.807) is 0 Å².